The minimum Gasteiger partial charge on any atom is -0.486 e. The predicted molar refractivity (Wildman–Crippen MR) is 546 cm³/mol. The molecule has 0 saturated heterocycles. The van der Waals surface area contributed by atoms with Gasteiger partial charge in [-0.2, -0.15) is 26.3 Å². The molecule has 0 radical (unpaired) electrons. The summed E-state index contributed by atoms with van der Waals surface area (Å²) in [6, 6.07) is 62.4. The third-order valence-corrected chi connectivity index (χ3v) is 24.1. The van der Waals surface area contributed by atoms with Gasteiger partial charge in [0, 0.05) is 134 Å². The average molecular weight is 2030 g/mol. The second-order valence-electron chi connectivity index (χ2n) is 35.5. The zero-order chi connectivity index (χ0) is 104. The Morgan fingerprint density at radius 2 is 0.585 bits per heavy atom. The first-order chi connectivity index (χ1) is 70.9. The molecule has 18 rings (SSSR count). The molecule has 6 aliphatic rings. The van der Waals surface area contributed by atoms with E-state index < -0.39 is 29.4 Å². The van der Waals surface area contributed by atoms with Crippen LogP contribution in [0.1, 0.15) is 167 Å². The van der Waals surface area contributed by atoms with Gasteiger partial charge in [0.15, 0.2) is 69.0 Å². The van der Waals surface area contributed by atoms with Crippen molar-refractivity contribution < 1.29 is 116 Å². The van der Waals surface area contributed by atoms with E-state index in [0.717, 1.165) is 109 Å². The highest BCUT2D eigenvalue weighted by Gasteiger charge is 2.35. The number of nitrogens with one attached hydrogen (secondary N) is 7. The first-order valence-electron chi connectivity index (χ1n) is 49.3. The third-order valence-electron chi connectivity index (χ3n) is 24.1. The van der Waals surface area contributed by atoms with E-state index in [0.29, 0.717) is 204 Å². The number of hydrogen-bond acceptors (Lipinski definition) is 20. The number of aromatic nitrogens is 3. The lowest BCUT2D eigenvalue weighted by atomic mass is 9.82. The second-order valence-corrected chi connectivity index (χ2v) is 35.5. The quantitative estimate of drug-likeness (QED) is 0.0199. The molecule has 10 aromatic carbocycles. The van der Waals surface area contributed by atoms with Crippen molar-refractivity contribution in [3.8, 4) is 69.0 Å². The molecule has 0 saturated carbocycles. The number of fused-ring (bicyclic) bond motifs is 6. The van der Waals surface area contributed by atoms with E-state index in [4.69, 9.17) is 56.8 Å². The molecular weight excluding hydrogens is 1900 g/mol. The SMILES string of the molecule is CCC(C)(C)c1ccc(CCC(=O)Nc2ccc3c(c2)OCCO3)cc1.CCCCc1ccc(CCC(=O)Nc2ccc3c(c2)OCCO3)cc1.CCc1ccc(CCC(=O)Nc2ccc3c(c2)OCCO3)cc1.CCc1ncc(CCC(=O)Nc2ccc3c(c2)OCCO3)[nH]1.O=C(CCc1ccc(C(F)(F)F)c(F)c1)Nc1ccc2c(c1)OCCO2.O=C(CCc1ccc(C(F)(F)F)nc1)Nc1ccc2c(c1)OCCO2. The van der Waals surface area contributed by atoms with Crippen molar-refractivity contribution in [2.75, 3.05) is 111 Å². The van der Waals surface area contributed by atoms with Crippen LogP contribution in [0.5, 0.6) is 69.0 Å². The van der Waals surface area contributed by atoms with E-state index in [1.165, 1.54) is 58.4 Å². The Balaban J connectivity index is 0.000000148. The van der Waals surface area contributed by atoms with Gasteiger partial charge in [-0.15, -0.1) is 0 Å². The maximum Gasteiger partial charge on any atom is 0.433 e. The lowest BCUT2D eigenvalue weighted by Crippen LogP contribution is -2.16. The van der Waals surface area contributed by atoms with Crippen LogP contribution in [0.3, 0.4) is 0 Å². The van der Waals surface area contributed by atoms with Crippen molar-refractivity contribution in [1.82, 2.24) is 15.0 Å². The van der Waals surface area contributed by atoms with E-state index >= 15 is 0 Å². The van der Waals surface area contributed by atoms with Crippen LogP contribution in [0, 0.1) is 5.82 Å². The zero-order valence-corrected chi connectivity index (χ0v) is 83.0. The summed E-state index contributed by atoms with van der Waals surface area (Å²) >= 11 is 0. The van der Waals surface area contributed by atoms with Crippen molar-refractivity contribution >= 4 is 69.6 Å². The number of H-pyrrole nitrogens is 1. The Labute approximate surface area is 849 Å². The van der Waals surface area contributed by atoms with Gasteiger partial charge in [0.25, 0.3) is 0 Å². The Bertz CT molecular complexity index is 6390. The predicted octanol–water partition coefficient (Wildman–Crippen LogP) is 22.6. The molecular formula is C113H122F7N9O18. The summed E-state index contributed by atoms with van der Waals surface area (Å²) in [6.07, 6.45) is 5.43. The molecule has 8 heterocycles. The third kappa shape index (κ3) is 34.6. The molecule has 0 atom stereocenters. The number of carbonyl (C=O) groups excluding carboxylic acids is 6. The van der Waals surface area contributed by atoms with Crippen molar-refractivity contribution in [3.63, 3.8) is 0 Å². The standard InChI is InChI=1S/C22H27NO3.C21H25NO3.C19H21NO3.C18H15F4NO3.C17H15F3N2O3.C16H19N3O3/c1-4-22(2,3)17-8-5-16(6-9-17)7-12-21(24)23-18-10-11-19-20(15-18)26-14-13-25-19;1-2-3-4-16-5-7-17(8-6-16)9-12-21(23)22-18-10-11-19-20(15-18)25-14-13-24-19;1-2-14-3-5-15(6-4-14)7-10-19(21)20-16-8-9-17-18(13-16)23-12-11-22-17;19-14-9-11(1-4-13(14)18(20,21)22)2-6-17(24)23-12-3-5-15-16(10-12)26-8-7-25-15;18-17(19,20)15-5-1-11(10-21-15)2-6-16(23)22-12-3-4-13-14(9-12)25-8-7-24-13;1-2-15-17-10-12(18-15)4-6-16(20)19-11-3-5-13-14(9-11)22-8-7-21-13/h5-6,8-11,15H,4,7,12-14H2,1-3H3,(H,23,24);5-8,10-11,15H,2-4,9,12-14H2,1H3,(H,22,23);3-6,8-9,13H,2,7,10-12H2,1H3,(H,20,21);1,3-5,9-10H,2,6-8H2,(H,23,24);1,3-5,9-10H,2,6-8H2,(H,22,23);3,5,9-10H,2,4,6-8H2,1H3,(H,17,18)(H,19,20). The molecule has 0 spiro atoms. The maximum absolute atomic E-state index is 13.5. The number of halogens is 7. The van der Waals surface area contributed by atoms with E-state index in [2.05, 4.69) is 154 Å². The van der Waals surface area contributed by atoms with E-state index in [9.17, 15) is 59.5 Å². The molecule has 7 N–H and O–H groups in total. The van der Waals surface area contributed by atoms with E-state index in [-0.39, 0.29) is 60.1 Å². The van der Waals surface area contributed by atoms with Gasteiger partial charge in [-0.25, -0.2) is 9.37 Å². The molecule has 147 heavy (non-hydrogen) atoms. The Kier molecular flexibility index (Phi) is 39.9. The van der Waals surface area contributed by atoms with E-state index in [1.54, 1.807) is 48.7 Å². The van der Waals surface area contributed by atoms with Crippen LogP contribution >= 0.6 is 0 Å². The number of pyridine rings is 1. The van der Waals surface area contributed by atoms with Gasteiger partial charge in [-0.1, -0.05) is 133 Å². The first-order valence-corrected chi connectivity index (χ1v) is 49.3. The minimum atomic E-state index is -4.74. The van der Waals surface area contributed by atoms with Crippen LogP contribution in [0.15, 0.2) is 225 Å². The number of unbranched alkanes of at least 4 members (excludes halogenated alkanes) is 1. The lowest BCUT2D eigenvalue weighted by Gasteiger charge is -2.23. The highest BCUT2D eigenvalue weighted by Crippen LogP contribution is 2.41. The van der Waals surface area contributed by atoms with Crippen LogP contribution in [0.2, 0.25) is 0 Å². The molecule has 6 aliphatic heterocycles. The molecule has 34 heteroatoms. The number of ether oxygens (including phenoxy) is 12. The molecule has 12 aromatic rings. The molecule has 27 nitrogen and oxygen atoms in total. The largest absolute Gasteiger partial charge is 0.486 e. The normalized spacial score (nSPS) is 13.1. The smallest absolute Gasteiger partial charge is 0.433 e. The zero-order valence-electron chi connectivity index (χ0n) is 83.0. The Morgan fingerprint density at radius 3 is 0.864 bits per heavy atom. The van der Waals surface area contributed by atoms with Gasteiger partial charge in [-0.05, 0) is 205 Å². The topological polar surface area (TPSA) is 327 Å². The number of amides is 6. The fraction of sp³-hybridized carbons (Fsp3) is 0.345. The Morgan fingerprint density at radius 1 is 0.299 bits per heavy atom. The molecule has 776 valence electrons. The summed E-state index contributed by atoms with van der Waals surface area (Å²) in [5.41, 5.74) is 11.4. The van der Waals surface area contributed by atoms with Crippen molar-refractivity contribution in [1.29, 1.82) is 0 Å². The van der Waals surface area contributed by atoms with Crippen molar-refractivity contribution in [3.05, 3.63) is 298 Å². The lowest BCUT2D eigenvalue weighted by molar-refractivity contribution is -0.141. The Hall–Kier alpha value is -15.5. The van der Waals surface area contributed by atoms with Gasteiger partial charge < -0.3 is 93.7 Å². The number of nitrogens with zero attached hydrogens (tertiary/aromatic N) is 2. The van der Waals surface area contributed by atoms with Crippen molar-refractivity contribution in [2.24, 2.45) is 0 Å². The molecule has 0 fully saturated rings. The van der Waals surface area contributed by atoms with Gasteiger partial charge in [0.2, 0.25) is 35.4 Å². The van der Waals surface area contributed by atoms with Crippen LogP contribution in [-0.4, -0.2) is 130 Å². The number of imidazole rings is 1. The highest BCUT2D eigenvalue weighted by atomic mass is 19.4. The molecule has 0 unspecified atom stereocenters. The van der Waals surface area contributed by atoms with Crippen molar-refractivity contribution in [2.45, 2.75) is 175 Å². The van der Waals surface area contributed by atoms with Gasteiger partial charge >= 0.3 is 12.4 Å². The summed E-state index contributed by atoms with van der Waals surface area (Å²) in [6.45, 7) is 19.3. The summed E-state index contributed by atoms with van der Waals surface area (Å²) in [7, 11) is 0. The summed E-state index contributed by atoms with van der Waals surface area (Å²) in [4.78, 5) is 83.3. The van der Waals surface area contributed by atoms with Gasteiger partial charge in [-0.3, -0.25) is 33.8 Å². The number of hydrogen-bond donors (Lipinski definition) is 7. The molecule has 6 amide bonds. The first kappa shape index (κ1) is 109. The van der Waals surface area contributed by atoms with Crippen LogP contribution in [-0.2, 0) is 104 Å². The van der Waals surface area contributed by atoms with Crippen LogP contribution < -0.4 is 88.7 Å². The number of rotatable bonds is 31. The second kappa shape index (κ2) is 53.9. The molecule has 2 aromatic heterocycles. The average Bonchev–Trinajstić information content (AvgIpc) is 1.10. The molecule has 0 aliphatic carbocycles. The van der Waals surface area contributed by atoms with E-state index in [1.807, 2.05) is 73.7 Å². The number of alkyl halides is 6. The summed E-state index contributed by atoms with van der Waals surface area (Å²) in [5, 5.41) is 17.0. The van der Waals surface area contributed by atoms with Gasteiger partial charge in [0.1, 0.15) is 96.6 Å². The monoisotopic (exact) mass is 2030 g/mol. The fourth-order valence-corrected chi connectivity index (χ4v) is 15.5. The number of aryl methyl sites for hydroxylation is 9. The maximum atomic E-state index is 13.5. The minimum absolute atomic E-state index is 0.000331. The fourth-order valence-electron chi connectivity index (χ4n) is 15.5. The number of aromatic amines is 1. The number of anilines is 6. The van der Waals surface area contributed by atoms with Crippen LogP contribution in [0.4, 0.5) is 64.9 Å². The number of carbonyl (C=O) groups is 6. The number of benzene rings is 10. The summed E-state index contributed by atoms with van der Waals surface area (Å²) < 4.78 is 154. The summed E-state index contributed by atoms with van der Waals surface area (Å²) in [5.74, 6) is 6.91. The van der Waals surface area contributed by atoms with Crippen LogP contribution in [0.25, 0.3) is 0 Å². The molecule has 0 bridgehead atoms. The highest BCUT2D eigenvalue weighted by molar-refractivity contribution is 5.95. The van der Waals surface area contributed by atoms with Gasteiger partial charge in [0.05, 0.1) is 5.56 Å².